The second kappa shape index (κ2) is 2.89. The van der Waals surface area contributed by atoms with Crippen molar-refractivity contribution < 1.29 is 5.11 Å². The summed E-state index contributed by atoms with van der Waals surface area (Å²) in [5.74, 6) is 0. The molecule has 0 aromatic carbocycles. The number of nitrogens with two attached hydrogens (primary N) is 1. The van der Waals surface area contributed by atoms with Gasteiger partial charge < -0.3 is 10.8 Å². The zero-order chi connectivity index (χ0) is 8.41. The molecule has 0 aromatic rings. The molecule has 0 bridgehead atoms. The quantitative estimate of drug-likeness (QED) is 0.628. The molecule has 62 valence electrons. The highest BCUT2D eigenvalue weighted by atomic mass is 16.3. The van der Waals surface area contributed by atoms with Gasteiger partial charge in [0.05, 0.1) is 5.60 Å². The lowest BCUT2D eigenvalue weighted by molar-refractivity contribution is 0.0478. The maximum Gasteiger partial charge on any atom is 0.0609 e. The summed E-state index contributed by atoms with van der Waals surface area (Å²) < 4.78 is 0. The number of hydrogen-bond donors (Lipinski definition) is 2. The van der Waals surface area contributed by atoms with Crippen LogP contribution in [0.15, 0.2) is 0 Å². The molecule has 1 unspecified atom stereocenters. The highest BCUT2D eigenvalue weighted by Gasteiger charge is 2.25. The fraction of sp³-hybridized carbons (Fsp3) is 1.00. The standard InChI is InChI=1S/C8H19NO/c1-5-8(4,9)6-7(2,3)10/h10H,5-6,9H2,1-4H3. The van der Waals surface area contributed by atoms with Gasteiger partial charge in [-0.2, -0.15) is 0 Å². The average Bonchev–Trinajstić information content (AvgIpc) is 1.60. The smallest absolute Gasteiger partial charge is 0.0609 e. The Balaban J connectivity index is 3.89. The van der Waals surface area contributed by atoms with Crippen LogP contribution in [0, 0.1) is 0 Å². The number of aliphatic hydroxyl groups is 1. The first-order valence-electron chi connectivity index (χ1n) is 3.78. The van der Waals surface area contributed by atoms with Gasteiger partial charge in [-0.3, -0.25) is 0 Å². The second-order valence-corrected chi connectivity index (χ2v) is 4.00. The van der Waals surface area contributed by atoms with E-state index in [4.69, 9.17) is 5.73 Å². The predicted molar refractivity (Wildman–Crippen MR) is 43.8 cm³/mol. The molecule has 0 fully saturated rings. The zero-order valence-corrected chi connectivity index (χ0v) is 7.44. The highest BCUT2D eigenvalue weighted by molar-refractivity contribution is 4.84. The van der Waals surface area contributed by atoms with E-state index in [1.165, 1.54) is 0 Å². The molecule has 0 aliphatic carbocycles. The van der Waals surface area contributed by atoms with Gasteiger partial charge in [0.15, 0.2) is 0 Å². The fourth-order valence-electron chi connectivity index (χ4n) is 1.11. The van der Waals surface area contributed by atoms with Crippen LogP contribution >= 0.6 is 0 Å². The van der Waals surface area contributed by atoms with Crippen molar-refractivity contribution in [2.45, 2.75) is 51.7 Å². The van der Waals surface area contributed by atoms with Gasteiger partial charge in [-0.05, 0) is 33.6 Å². The highest BCUT2D eigenvalue weighted by Crippen LogP contribution is 2.19. The van der Waals surface area contributed by atoms with Crippen LogP contribution < -0.4 is 5.73 Å². The van der Waals surface area contributed by atoms with Crippen LogP contribution in [0.5, 0.6) is 0 Å². The van der Waals surface area contributed by atoms with Crippen molar-refractivity contribution in [2.75, 3.05) is 0 Å². The van der Waals surface area contributed by atoms with E-state index in [9.17, 15) is 5.11 Å². The molecule has 0 aromatic heterocycles. The Morgan fingerprint density at radius 1 is 1.30 bits per heavy atom. The first kappa shape index (κ1) is 9.92. The van der Waals surface area contributed by atoms with E-state index in [0.29, 0.717) is 6.42 Å². The summed E-state index contributed by atoms with van der Waals surface area (Å²) >= 11 is 0. The molecule has 0 aliphatic heterocycles. The minimum atomic E-state index is -0.639. The van der Waals surface area contributed by atoms with Gasteiger partial charge >= 0.3 is 0 Å². The zero-order valence-electron chi connectivity index (χ0n) is 7.44. The molecular formula is C8H19NO. The Morgan fingerprint density at radius 3 is 1.80 bits per heavy atom. The van der Waals surface area contributed by atoms with E-state index in [-0.39, 0.29) is 5.54 Å². The summed E-state index contributed by atoms with van der Waals surface area (Å²) in [5, 5.41) is 9.40. The lowest BCUT2D eigenvalue weighted by Crippen LogP contribution is -2.42. The third-order valence-electron chi connectivity index (χ3n) is 1.64. The first-order chi connectivity index (χ1) is 4.27. The van der Waals surface area contributed by atoms with Crippen molar-refractivity contribution in [1.29, 1.82) is 0 Å². The lowest BCUT2D eigenvalue weighted by Gasteiger charge is -2.30. The molecule has 10 heavy (non-hydrogen) atoms. The minimum absolute atomic E-state index is 0.224. The van der Waals surface area contributed by atoms with Gasteiger partial charge in [-0.1, -0.05) is 6.92 Å². The molecule has 0 spiro atoms. The fourth-order valence-corrected chi connectivity index (χ4v) is 1.11. The molecule has 0 heterocycles. The molecule has 1 atom stereocenters. The molecule has 0 radical (unpaired) electrons. The summed E-state index contributed by atoms with van der Waals surface area (Å²) in [5.41, 5.74) is 4.98. The van der Waals surface area contributed by atoms with Gasteiger partial charge in [-0.25, -0.2) is 0 Å². The Bertz CT molecular complexity index is 102. The maximum absolute atomic E-state index is 9.40. The van der Waals surface area contributed by atoms with Crippen LogP contribution in [0.4, 0.5) is 0 Å². The average molecular weight is 145 g/mol. The normalized spacial score (nSPS) is 18.6. The van der Waals surface area contributed by atoms with Gasteiger partial charge in [0.25, 0.3) is 0 Å². The van der Waals surface area contributed by atoms with E-state index < -0.39 is 5.60 Å². The molecule has 0 saturated heterocycles. The van der Waals surface area contributed by atoms with Gasteiger partial charge in [0.2, 0.25) is 0 Å². The van der Waals surface area contributed by atoms with Crippen LogP contribution in [0.1, 0.15) is 40.5 Å². The Hall–Kier alpha value is -0.0800. The van der Waals surface area contributed by atoms with Crippen LogP contribution in [-0.4, -0.2) is 16.2 Å². The van der Waals surface area contributed by atoms with Crippen molar-refractivity contribution in [3.05, 3.63) is 0 Å². The molecule has 0 amide bonds. The van der Waals surface area contributed by atoms with E-state index >= 15 is 0 Å². The van der Waals surface area contributed by atoms with Gasteiger partial charge in [0, 0.05) is 5.54 Å². The Kier molecular flexibility index (Phi) is 2.86. The monoisotopic (exact) mass is 145 g/mol. The van der Waals surface area contributed by atoms with E-state index in [2.05, 4.69) is 0 Å². The van der Waals surface area contributed by atoms with Gasteiger partial charge in [-0.15, -0.1) is 0 Å². The van der Waals surface area contributed by atoms with Crippen molar-refractivity contribution >= 4 is 0 Å². The molecule has 3 N–H and O–H groups in total. The predicted octanol–water partition coefficient (Wildman–Crippen LogP) is 1.27. The van der Waals surface area contributed by atoms with Gasteiger partial charge in [0.1, 0.15) is 0 Å². The summed E-state index contributed by atoms with van der Waals surface area (Å²) in [4.78, 5) is 0. The van der Waals surface area contributed by atoms with Crippen LogP contribution in [0.2, 0.25) is 0 Å². The lowest BCUT2D eigenvalue weighted by atomic mass is 9.87. The van der Waals surface area contributed by atoms with Crippen molar-refractivity contribution in [3.8, 4) is 0 Å². The SMILES string of the molecule is CCC(C)(N)CC(C)(C)O. The summed E-state index contributed by atoms with van der Waals surface area (Å²) in [6.45, 7) is 7.57. The molecule has 2 nitrogen and oxygen atoms in total. The Morgan fingerprint density at radius 2 is 1.70 bits per heavy atom. The van der Waals surface area contributed by atoms with E-state index in [1.54, 1.807) is 13.8 Å². The van der Waals surface area contributed by atoms with Crippen LogP contribution in [0.3, 0.4) is 0 Å². The number of hydrogen-bond acceptors (Lipinski definition) is 2. The number of rotatable bonds is 3. The van der Waals surface area contributed by atoms with Crippen molar-refractivity contribution in [1.82, 2.24) is 0 Å². The van der Waals surface area contributed by atoms with Crippen molar-refractivity contribution in [3.63, 3.8) is 0 Å². The molecule has 0 rings (SSSR count). The second-order valence-electron chi connectivity index (χ2n) is 4.00. The third kappa shape index (κ3) is 4.77. The topological polar surface area (TPSA) is 46.2 Å². The summed E-state index contributed by atoms with van der Waals surface area (Å²) in [7, 11) is 0. The van der Waals surface area contributed by atoms with E-state index in [0.717, 1.165) is 6.42 Å². The maximum atomic E-state index is 9.40. The Labute approximate surface area is 63.4 Å². The minimum Gasteiger partial charge on any atom is -0.390 e. The van der Waals surface area contributed by atoms with E-state index in [1.807, 2.05) is 13.8 Å². The van der Waals surface area contributed by atoms with Crippen LogP contribution in [-0.2, 0) is 0 Å². The molecule has 0 saturated carbocycles. The molecule has 0 aliphatic rings. The van der Waals surface area contributed by atoms with Crippen molar-refractivity contribution in [2.24, 2.45) is 5.73 Å². The summed E-state index contributed by atoms with van der Waals surface area (Å²) in [6, 6.07) is 0. The first-order valence-corrected chi connectivity index (χ1v) is 3.78. The van der Waals surface area contributed by atoms with Crippen LogP contribution in [0.25, 0.3) is 0 Å². The summed E-state index contributed by atoms with van der Waals surface area (Å²) in [6.07, 6.45) is 1.55. The molecule has 2 heteroatoms. The molecular weight excluding hydrogens is 126 g/mol. The third-order valence-corrected chi connectivity index (χ3v) is 1.64. The largest absolute Gasteiger partial charge is 0.390 e.